The van der Waals surface area contributed by atoms with Crippen LogP contribution in [0.1, 0.15) is 5.56 Å². The van der Waals surface area contributed by atoms with Crippen LogP contribution >= 0.6 is 0 Å². The second kappa shape index (κ2) is 2.06. The molecule has 1 aliphatic heterocycles. The standard InChI is InChI=1S/C8H5O2/c1-2-4-8-7(3-1)5-6-9-10-8/h1-5H. The van der Waals surface area contributed by atoms with Gasteiger partial charge < -0.3 is 0 Å². The maximum Gasteiger partial charge on any atom is 0.226 e. The highest BCUT2D eigenvalue weighted by molar-refractivity contribution is 5.55. The molecule has 0 aliphatic carbocycles. The number of rotatable bonds is 0. The van der Waals surface area contributed by atoms with Crippen molar-refractivity contribution in [2.75, 3.05) is 0 Å². The Kier molecular flexibility index (Phi) is 1.10. The molecular weight excluding hydrogens is 128 g/mol. The molecule has 1 radical (unpaired) electrons. The van der Waals surface area contributed by atoms with Crippen molar-refractivity contribution < 1.29 is 9.78 Å². The van der Waals surface area contributed by atoms with Crippen LogP contribution < -0.4 is 4.89 Å². The van der Waals surface area contributed by atoms with Crippen LogP contribution in [-0.4, -0.2) is 0 Å². The van der Waals surface area contributed by atoms with Gasteiger partial charge in [-0.3, -0.25) is 9.78 Å². The molecule has 0 atom stereocenters. The Balaban J connectivity index is 2.54. The summed E-state index contributed by atoms with van der Waals surface area (Å²) in [5.74, 6) is 0.737. The molecule has 0 unspecified atom stereocenters. The van der Waals surface area contributed by atoms with Crippen LogP contribution in [0.2, 0.25) is 0 Å². The summed E-state index contributed by atoms with van der Waals surface area (Å²) in [6.07, 6.45) is 4.23. The van der Waals surface area contributed by atoms with Gasteiger partial charge in [0.25, 0.3) is 0 Å². The third kappa shape index (κ3) is 0.739. The minimum Gasteiger partial charge on any atom is -0.289 e. The summed E-state index contributed by atoms with van der Waals surface area (Å²) in [5, 5.41) is 0. The molecule has 0 saturated carbocycles. The lowest BCUT2D eigenvalue weighted by molar-refractivity contribution is -0.162. The number of hydrogen-bond acceptors (Lipinski definition) is 2. The van der Waals surface area contributed by atoms with Gasteiger partial charge in [0.05, 0.1) is 0 Å². The smallest absolute Gasteiger partial charge is 0.226 e. The largest absolute Gasteiger partial charge is 0.289 e. The molecule has 1 aromatic rings. The molecule has 0 amide bonds. The highest BCUT2D eigenvalue weighted by atomic mass is 17.2. The summed E-state index contributed by atoms with van der Waals surface area (Å²) in [6.45, 7) is 0. The van der Waals surface area contributed by atoms with E-state index in [9.17, 15) is 0 Å². The third-order valence-corrected chi connectivity index (χ3v) is 1.31. The average Bonchev–Trinajstić information content (AvgIpc) is 2.05. The lowest BCUT2D eigenvalue weighted by atomic mass is 10.2. The van der Waals surface area contributed by atoms with Gasteiger partial charge in [0.2, 0.25) is 6.26 Å². The predicted octanol–water partition coefficient (Wildman–Crippen LogP) is 1.78. The normalized spacial score (nSPS) is 13.2. The van der Waals surface area contributed by atoms with Crippen molar-refractivity contribution in [2.45, 2.75) is 0 Å². The van der Waals surface area contributed by atoms with E-state index >= 15 is 0 Å². The molecule has 0 N–H and O–H groups in total. The van der Waals surface area contributed by atoms with Gasteiger partial charge >= 0.3 is 0 Å². The molecule has 0 aromatic heterocycles. The van der Waals surface area contributed by atoms with Crippen molar-refractivity contribution in [1.82, 2.24) is 0 Å². The number of hydrogen-bond donors (Lipinski definition) is 0. The summed E-state index contributed by atoms with van der Waals surface area (Å²) >= 11 is 0. The monoisotopic (exact) mass is 133 g/mol. The van der Waals surface area contributed by atoms with E-state index in [0.29, 0.717) is 0 Å². The second-order valence-electron chi connectivity index (χ2n) is 1.97. The Morgan fingerprint density at radius 2 is 2.10 bits per heavy atom. The van der Waals surface area contributed by atoms with Gasteiger partial charge in [0, 0.05) is 11.6 Å². The number of para-hydroxylation sites is 1. The van der Waals surface area contributed by atoms with E-state index in [0.717, 1.165) is 11.3 Å². The molecule has 0 fully saturated rings. The van der Waals surface area contributed by atoms with Crippen LogP contribution in [0, 0.1) is 6.26 Å². The van der Waals surface area contributed by atoms with Crippen molar-refractivity contribution in [3.05, 3.63) is 36.1 Å². The molecule has 2 nitrogen and oxygen atoms in total. The van der Waals surface area contributed by atoms with Gasteiger partial charge in [-0.15, -0.1) is 0 Å². The van der Waals surface area contributed by atoms with Crippen molar-refractivity contribution in [3.63, 3.8) is 0 Å². The van der Waals surface area contributed by atoms with Gasteiger partial charge in [0.15, 0.2) is 5.75 Å². The summed E-state index contributed by atoms with van der Waals surface area (Å²) in [7, 11) is 0. The van der Waals surface area contributed by atoms with E-state index in [1.165, 1.54) is 0 Å². The summed E-state index contributed by atoms with van der Waals surface area (Å²) in [6, 6.07) is 7.60. The first-order chi connectivity index (χ1) is 4.97. The zero-order chi connectivity index (χ0) is 6.81. The molecule has 49 valence electrons. The van der Waals surface area contributed by atoms with Crippen LogP contribution in [0.25, 0.3) is 6.08 Å². The first-order valence-corrected chi connectivity index (χ1v) is 2.98. The van der Waals surface area contributed by atoms with Crippen molar-refractivity contribution in [1.29, 1.82) is 0 Å². The van der Waals surface area contributed by atoms with E-state index < -0.39 is 0 Å². The second-order valence-corrected chi connectivity index (χ2v) is 1.97. The Morgan fingerprint density at radius 3 is 3.00 bits per heavy atom. The number of fused-ring (bicyclic) bond motifs is 1. The summed E-state index contributed by atoms with van der Waals surface area (Å²) in [4.78, 5) is 9.27. The van der Waals surface area contributed by atoms with E-state index in [1.807, 2.05) is 24.3 Å². The molecule has 0 bridgehead atoms. The fourth-order valence-electron chi connectivity index (χ4n) is 0.832. The first kappa shape index (κ1) is 5.35. The van der Waals surface area contributed by atoms with Gasteiger partial charge in [-0.1, -0.05) is 18.2 Å². The van der Waals surface area contributed by atoms with E-state index in [4.69, 9.17) is 4.89 Å². The van der Waals surface area contributed by atoms with Gasteiger partial charge in [-0.25, -0.2) is 0 Å². The minimum atomic E-state index is 0.737. The Morgan fingerprint density at radius 1 is 1.20 bits per heavy atom. The number of benzene rings is 1. The Hall–Kier alpha value is -1.44. The molecule has 0 saturated heterocycles. The van der Waals surface area contributed by atoms with Gasteiger partial charge in [0.1, 0.15) is 0 Å². The SMILES string of the molecule is [C]1=Cc2ccccc2OO1. The lowest BCUT2D eigenvalue weighted by Crippen LogP contribution is -1.96. The van der Waals surface area contributed by atoms with Gasteiger partial charge in [-0.2, -0.15) is 0 Å². The molecular formula is C8H5O2. The molecule has 0 spiro atoms. The van der Waals surface area contributed by atoms with Crippen LogP contribution in [0.4, 0.5) is 0 Å². The quantitative estimate of drug-likeness (QED) is 0.502. The summed E-state index contributed by atoms with van der Waals surface area (Å²) < 4.78 is 0. The van der Waals surface area contributed by atoms with Crippen LogP contribution in [0.15, 0.2) is 24.3 Å². The molecule has 10 heavy (non-hydrogen) atoms. The molecule has 1 aliphatic rings. The van der Waals surface area contributed by atoms with Crippen molar-refractivity contribution in [3.8, 4) is 5.75 Å². The summed E-state index contributed by atoms with van der Waals surface area (Å²) in [5.41, 5.74) is 0.994. The first-order valence-electron chi connectivity index (χ1n) is 2.98. The van der Waals surface area contributed by atoms with Crippen LogP contribution in [0.5, 0.6) is 5.75 Å². The van der Waals surface area contributed by atoms with E-state index in [1.54, 1.807) is 6.08 Å². The van der Waals surface area contributed by atoms with Crippen molar-refractivity contribution in [2.24, 2.45) is 0 Å². The van der Waals surface area contributed by atoms with Crippen LogP contribution in [0.3, 0.4) is 0 Å². The Bertz CT molecular complexity index is 266. The zero-order valence-electron chi connectivity index (χ0n) is 5.20. The predicted molar refractivity (Wildman–Crippen MR) is 35.9 cm³/mol. The third-order valence-electron chi connectivity index (χ3n) is 1.31. The topological polar surface area (TPSA) is 18.5 Å². The molecule has 2 rings (SSSR count). The lowest BCUT2D eigenvalue weighted by Gasteiger charge is -2.07. The maximum absolute atomic E-state index is 4.78. The van der Waals surface area contributed by atoms with Crippen molar-refractivity contribution >= 4 is 6.08 Å². The molecule has 1 aromatic carbocycles. The molecule has 2 heteroatoms. The fraction of sp³-hybridized carbons (Fsp3) is 0. The highest BCUT2D eigenvalue weighted by Crippen LogP contribution is 2.22. The fourth-order valence-corrected chi connectivity index (χ4v) is 0.832. The zero-order valence-corrected chi connectivity index (χ0v) is 5.20. The Labute approximate surface area is 58.6 Å². The average molecular weight is 133 g/mol. The molecule has 1 heterocycles. The maximum atomic E-state index is 4.78. The van der Waals surface area contributed by atoms with Gasteiger partial charge in [-0.05, 0) is 6.07 Å². The van der Waals surface area contributed by atoms with E-state index in [-0.39, 0.29) is 0 Å². The van der Waals surface area contributed by atoms with E-state index in [2.05, 4.69) is 11.1 Å². The highest BCUT2D eigenvalue weighted by Gasteiger charge is 2.04. The minimum absolute atomic E-state index is 0.737. The van der Waals surface area contributed by atoms with Crippen LogP contribution in [-0.2, 0) is 4.89 Å².